The zero-order valence-corrected chi connectivity index (χ0v) is 11.0. The molecule has 2 N–H and O–H groups in total. The second kappa shape index (κ2) is 4.80. The molecule has 1 unspecified atom stereocenters. The van der Waals surface area contributed by atoms with Crippen LogP contribution in [0, 0.1) is 0 Å². The molecule has 1 aromatic carbocycles. The van der Waals surface area contributed by atoms with E-state index in [-0.39, 0.29) is 6.04 Å². The van der Waals surface area contributed by atoms with Gasteiger partial charge in [-0.1, -0.05) is 15.9 Å². The quantitative estimate of drug-likeness (QED) is 0.928. The first-order valence-electron chi connectivity index (χ1n) is 5.01. The van der Waals surface area contributed by atoms with E-state index < -0.39 is 0 Å². The van der Waals surface area contributed by atoms with Crippen LogP contribution >= 0.6 is 15.9 Å². The molecule has 1 atom stereocenters. The van der Waals surface area contributed by atoms with Gasteiger partial charge in [0.15, 0.2) is 5.82 Å². The molecule has 2 rings (SSSR count). The van der Waals surface area contributed by atoms with E-state index >= 15 is 0 Å². The second-order valence-electron chi connectivity index (χ2n) is 3.55. The van der Waals surface area contributed by atoms with Crippen molar-refractivity contribution in [3.63, 3.8) is 0 Å². The number of nitrogens with zero attached hydrogens (tertiary/aromatic N) is 4. The Morgan fingerprint density at radius 3 is 2.88 bits per heavy atom. The summed E-state index contributed by atoms with van der Waals surface area (Å²) in [5.74, 6) is 1.27. The zero-order valence-electron chi connectivity index (χ0n) is 9.46. The Labute approximate surface area is 107 Å². The monoisotopic (exact) mass is 297 g/mol. The average molecular weight is 298 g/mol. The SMILES string of the molecule is COc1ccc(Br)cc1-n1nnnc1C(C)N. The van der Waals surface area contributed by atoms with Crippen molar-refractivity contribution in [1.29, 1.82) is 0 Å². The number of ether oxygens (including phenoxy) is 1. The van der Waals surface area contributed by atoms with Crippen molar-refractivity contribution in [3.05, 3.63) is 28.5 Å². The van der Waals surface area contributed by atoms with Gasteiger partial charge >= 0.3 is 0 Å². The smallest absolute Gasteiger partial charge is 0.173 e. The molecule has 0 spiro atoms. The Bertz CT molecular complexity index is 525. The highest BCUT2D eigenvalue weighted by atomic mass is 79.9. The first kappa shape index (κ1) is 12.0. The fourth-order valence-electron chi connectivity index (χ4n) is 1.48. The van der Waals surface area contributed by atoms with Crippen molar-refractivity contribution < 1.29 is 4.74 Å². The lowest BCUT2D eigenvalue weighted by atomic mass is 10.2. The van der Waals surface area contributed by atoms with Gasteiger partial charge in [0, 0.05) is 4.47 Å². The highest BCUT2D eigenvalue weighted by molar-refractivity contribution is 9.10. The van der Waals surface area contributed by atoms with E-state index in [9.17, 15) is 0 Å². The van der Waals surface area contributed by atoms with Crippen molar-refractivity contribution in [2.24, 2.45) is 5.73 Å². The molecule has 0 aliphatic heterocycles. The average Bonchev–Trinajstić information content (AvgIpc) is 2.77. The predicted molar refractivity (Wildman–Crippen MR) is 66.0 cm³/mol. The number of halogens is 1. The molecule has 1 aromatic heterocycles. The standard InChI is InChI=1S/C10H12BrN5O/c1-6(12)10-13-14-15-16(10)8-5-7(11)3-4-9(8)17-2/h3-6H,12H2,1-2H3. The molecule has 0 saturated heterocycles. The minimum absolute atomic E-state index is 0.256. The number of hydrogen-bond donors (Lipinski definition) is 1. The van der Waals surface area contributed by atoms with Crippen LogP contribution in [-0.4, -0.2) is 27.3 Å². The van der Waals surface area contributed by atoms with E-state index in [0.717, 1.165) is 10.2 Å². The molecule has 0 radical (unpaired) electrons. The number of benzene rings is 1. The minimum atomic E-state index is -0.256. The third-order valence-corrected chi connectivity index (χ3v) is 2.76. The molecule has 2 aromatic rings. The van der Waals surface area contributed by atoms with Crippen LogP contribution in [0.2, 0.25) is 0 Å². The molecular weight excluding hydrogens is 286 g/mol. The lowest BCUT2D eigenvalue weighted by molar-refractivity contribution is 0.410. The number of rotatable bonds is 3. The Morgan fingerprint density at radius 1 is 1.47 bits per heavy atom. The van der Waals surface area contributed by atoms with E-state index in [2.05, 4.69) is 31.5 Å². The zero-order chi connectivity index (χ0) is 12.4. The largest absolute Gasteiger partial charge is 0.494 e. The lowest BCUT2D eigenvalue weighted by Crippen LogP contribution is -2.14. The van der Waals surface area contributed by atoms with Gasteiger partial charge in [0.1, 0.15) is 11.4 Å². The molecule has 0 fully saturated rings. The maximum absolute atomic E-state index is 5.81. The Kier molecular flexibility index (Phi) is 3.39. The molecule has 0 bridgehead atoms. The van der Waals surface area contributed by atoms with Crippen molar-refractivity contribution in [2.75, 3.05) is 7.11 Å². The summed E-state index contributed by atoms with van der Waals surface area (Å²) in [6, 6.07) is 5.35. The number of methoxy groups -OCH3 is 1. The van der Waals surface area contributed by atoms with E-state index in [1.807, 2.05) is 25.1 Å². The highest BCUT2D eigenvalue weighted by Gasteiger charge is 2.15. The molecule has 17 heavy (non-hydrogen) atoms. The second-order valence-corrected chi connectivity index (χ2v) is 4.47. The molecule has 6 nitrogen and oxygen atoms in total. The summed E-state index contributed by atoms with van der Waals surface area (Å²) in [5, 5.41) is 11.5. The summed E-state index contributed by atoms with van der Waals surface area (Å²) < 4.78 is 7.77. The van der Waals surface area contributed by atoms with Gasteiger partial charge in [-0.05, 0) is 35.5 Å². The van der Waals surface area contributed by atoms with Crippen molar-refractivity contribution in [2.45, 2.75) is 13.0 Å². The summed E-state index contributed by atoms with van der Waals surface area (Å²) in [7, 11) is 1.60. The maximum atomic E-state index is 5.81. The molecule has 0 saturated carbocycles. The van der Waals surface area contributed by atoms with Gasteiger partial charge in [-0.2, -0.15) is 4.68 Å². The van der Waals surface area contributed by atoms with Crippen LogP contribution in [0.15, 0.2) is 22.7 Å². The van der Waals surface area contributed by atoms with E-state index in [1.165, 1.54) is 0 Å². The Morgan fingerprint density at radius 2 is 2.24 bits per heavy atom. The number of nitrogens with two attached hydrogens (primary N) is 1. The van der Waals surface area contributed by atoms with E-state index in [0.29, 0.717) is 11.6 Å². The van der Waals surface area contributed by atoms with Crippen LogP contribution in [0.3, 0.4) is 0 Å². The van der Waals surface area contributed by atoms with Crippen LogP contribution in [0.4, 0.5) is 0 Å². The number of tetrazole rings is 1. The summed E-state index contributed by atoms with van der Waals surface area (Å²) >= 11 is 3.40. The molecule has 90 valence electrons. The minimum Gasteiger partial charge on any atom is -0.494 e. The van der Waals surface area contributed by atoms with Crippen LogP contribution in [0.1, 0.15) is 18.8 Å². The van der Waals surface area contributed by atoms with Crippen molar-refractivity contribution in [3.8, 4) is 11.4 Å². The normalized spacial score (nSPS) is 12.5. The molecule has 0 aliphatic rings. The maximum Gasteiger partial charge on any atom is 0.173 e. The predicted octanol–water partition coefficient (Wildman–Crippen LogP) is 1.45. The van der Waals surface area contributed by atoms with Crippen LogP contribution in [-0.2, 0) is 0 Å². The van der Waals surface area contributed by atoms with Crippen LogP contribution < -0.4 is 10.5 Å². The van der Waals surface area contributed by atoms with Crippen molar-refractivity contribution >= 4 is 15.9 Å². The van der Waals surface area contributed by atoms with Crippen molar-refractivity contribution in [1.82, 2.24) is 20.2 Å². The fraction of sp³-hybridized carbons (Fsp3) is 0.300. The summed E-state index contributed by atoms with van der Waals surface area (Å²) in [5.41, 5.74) is 6.56. The van der Waals surface area contributed by atoms with Gasteiger partial charge in [-0.3, -0.25) is 0 Å². The third kappa shape index (κ3) is 2.29. The van der Waals surface area contributed by atoms with Gasteiger partial charge in [0.05, 0.1) is 13.2 Å². The number of hydrogen-bond acceptors (Lipinski definition) is 5. The first-order chi connectivity index (χ1) is 8.13. The molecule has 0 amide bonds. The molecular formula is C10H12BrN5O. The van der Waals surface area contributed by atoms with E-state index in [4.69, 9.17) is 10.5 Å². The summed E-state index contributed by atoms with van der Waals surface area (Å²) in [6.45, 7) is 1.83. The molecule has 7 heteroatoms. The van der Waals surface area contributed by atoms with Gasteiger partial charge < -0.3 is 10.5 Å². The topological polar surface area (TPSA) is 78.8 Å². The van der Waals surface area contributed by atoms with Gasteiger partial charge in [-0.15, -0.1) is 5.10 Å². The number of aromatic nitrogens is 4. The van der Waals surface area contributed by atoms with Gasteiger partial charge in [-0.25, -0.2) is 0 Å². The Balaban J connectivity index is 2.59. The Hall–Kier alpha value is -1.47. The third-order valence-electron chi connectivity index (χ3n) is 2.27. The highest BCUT2D eigenvalue weighted by Crippen LogP contribution is 2.27. The van der Waals surface area contributed by atoms with Gasteiger partial charge in [0.25, 0.3) is 0 Å². The van der Waals surface area contributed by atoms with Gasteiger partial charge in [0.2, 0.25) is 0 Å². The lowest BCUT2D eigenvalue weighted by Gasteiger charge is -2.11. The van der Waals surface area contributed by atoms with Crippen LogP contribution in [0.5, 0.6) is 5.75 Å². The van der Waals surface area contributed by atoms with Crippen LogP contribution in [0.25, 0.3) is 5.69 Å². The van der Waals surface area contributed by atoms with E-state index in [1.54, 1.807) is 11.8 Å². The fourth-order valence-corrected chi connectivity index (χ4v) is 1.83. The first-order valence-corrected chi connectivity index (χ1v) is 5.80. The summed E-state index contributed by atoms with van der Waals surface area (Å²) in [4.78, 5) is 0. The molecule has 0 aliphatic carbocycles. The summed E-state index contributed by atoms with van der Waals surface area (Å²) in [6.07, 6.45) is 0. The molecule has 1 heterocycles.